The zero-order valence-electron chi connectivity index (χ0n) is 6.55. The smallest absolute Gasteiger partial charge is 0.231 e. The van der Waals surface area contributed by atoms with Crippen molar-refractivity contribution in [1.82, 2.24) is 0 Å². The Morgan fingerprint density at radius 2 is 1.36 bits per heavy atom. The van der Waals surface area contributed by atoms with Crippen LogP contribution >= 0.6 is 0 Å². The zero-order chi connectivity index (χ0) is 9.70. The van der Waals surface area contributed by atoms with Crippen LogP contribution in [-0.4, -0.2) is 23.9 Å². The summed E-state index contributed by atoms with van der Waals surface area (Å²) in [6, 6.07) is 0. The van der Waals surface area contributed by atoms with Crippen molar-refractivity contribution >= 4 is 12.2 Å². The van der Waals surface area contributed by atoms with Crippen LogP contribution in [0.25, 0.3) is 0 Å². The second-order valence-corrected chi connectivity index (χ2v) is 1.78. The number of carbonyl (C=O) groups excluding carboxylic acids is 2. The topological polar surface area (TPSA) is 102 Å². The van der Waals surface area contributed by atoms with Crippen molar-refractivity contribution in [2.45, 2.75) is 13.8 Å². The highest BCUT2D eigenvalue weighted by Gasteiger charge is 1.81. The molecule has 5 heteroatoms. The van der Waals surface area contributed by atoms with Gasteiger partial charge in [-0.2, -0.15) is 0 Å². The predicted octanol–water partition coefficient (Wildman–Crippen LogP) is 0.437. The van der Waals surface area contributed by atoms with Crippen LogP contribution in [-0.2, 0) is 9.59 Å². The number of rotatable bonds is 1. The largest absolute Gasteiger partial charge is 0.396 e. The number of hydrogen-bond donors (Lipinski definition) is 3. The van der Waals surface area contributed by atoms with Crippen LogP contribution in [0.2, 0.25) is 0 Å². The quantitative estimate of drug-likeness (QED) is 0.383. The standard InChI is InChI=1S/C4H10O.2CHNO/c1-4(2)3-5;2*2-1-3/h4-5H,3H2,1-2H3;2*2H. The maximum Gasteiger partial charge on any atom is 0.231 e. The van der Waals surface area contributed by atoms with Crippen molar-refractivity contribution in [3.63, 3.8) is 0 Å². The molecule has 0 saturated carbocycles. The van der Waals surface area contributed by atoms with Gasteiger partial charge in [0.2, 0.25) is 12.2 Å². The van der Waals surface area contributed by atoms with Gasteiger partial charge in [0.05, 0.1) is 0 Å². The van der Waals surface area contributed by atoms with Gasteiger partial charge in [-0.3, -0.25) is 0 Å². The molecule has 0 saturated heterocycles. The highest BCUT2D eigenvalue weighted by molar-refractivity contribution is 5.26. The van der Waals surface area contributed by atoms with Crippen molar-refractivity contribution in [2.75, 3.05) is 6.61 Å². The molecule has 0 aliphatic carbocycles. The summed E-state index contributed by atoms with van der Waals surface area (Å²) in [5, 5.41) is 18.9. The second-order valence-electron chi connectivity index (χ2n) is 1.78. The molecule has 0 aromatic rings. The second kappa shape index (κ2) is 23.3. The van der Waals surface area contributed by atoms with Crippen molar-refractivity contribution in [3.05, 3.63) is 0 Å². The van der Waals surface area contributed by atoms with Gasteiger partial charge in [-0.05, 0) is 5.92 Å². The fraction of sp³-hybridized carbons (Fsp3) is 0.667. The molecular formula is C6H12N2O3. The minimum Gasteiger partial charge on any atom is -0.396 e. The fourth-order valence-corrected chi connectivity index (χ4v) is 0. The molecule has 0 radical (unpaired) electrons. The molecule has 0 unspecified atom stereocenters. The minimum atomic E-state index is 0.306. The van der Waals surface area contributed by atoms with Gasteiger partial charge in [0.25, 0.3) is 0 Å². The third-order valence-electron chi connectivity index (χ3n) is 0.365. The van der Waals surface area contributed by atoms with Gasteiger partial charge in [0.15, 0.2) is 0 Å². The first-order valence-corrected chi connectivity index (χ1v) is 2.79. The van der Waals surface area contributed by atoms with Crippen LogP contribution in [0, 0.1) is 16.7 Å². The molecule has 0 amide bonds. The summed E-state index contributed by atoms with van der Waals surface area (Å²) in [5.41, 5.74) is 0. The van der Waals surface area contributed by atoms with E-state index in [1.54, 1.807) is 0 Å². The molecule has 0 heterocycles. The molecule has 64 valence electrons. The number of isocyanates is 2. The molecule has 0 aromatic carbocycles. The Hall–Kier alpha value is -1.28. The highest BCUT2D eigenvalue weighted by atomic mass is 16.3. The van der Waals surface area contributed by atoms with Crippen LogP contribution in [0.15, 0.2) is 0 Å². The maximum absolute atomic E-state index is 8.35. The first kappa shape index (κ1) is 16.4. The van der Waals surface area contributed by atoms with Crippen LogP contribution in [0.3, 0.4) is 0 Å². The summed E-state index contributed by atoms with van der Waals surface area (Å²) in [6.07, 6.45) is 1.50. The molecule has 0 atom stereocenters. The molecule has 0 bridgehead atoms. The third-order valence-corrected chi connectivity index (χ3v) is 0.365. The van der Waals surface area contributed by atoms with E-state index in [-0.39, 0.29) is 0 Å². The summed E-state index contributed by atoms with van der Waals surface area (Å²) in [5.74, 6) is 0.440. The predicted molar refractivity (Wildman–Crippen MR) is 38.8 cm³/mol. The van der Waals surface area contributed by atoms with Crippen molar-refractivity contribution in [1.29, 1.82) is 10.8 Å². The Kier molecular flexibility index (Phi) is 34.7. The van der Waals surface area contributed by atoms with Crippen LogP contribution in [0.4, 0.5) is 0 Å². The van der Waals surface area contributed by atoms with Gasteiger partial charge in [-0.15, -0.1) is 0 Å². The SMILES string of the molecule is CC(C)CO.N=C=O.N=C=O. The Bertz CT molecular complexity index is 110. The van der Waals surface area contributed by atoms with E-state index in [0.717, 1.165) is 12.2 Å². The van der Waals surface area contributed by atoms with Crippen LogP contribution < -0.4 is 0 Å². The number of aliphatic hydroxyl groups excluding tert-OH is 1. The van der Waals surface area contributed by atoms with Gasteiger partial charge >= 0.3 is 0 Å². The van der Waals surface area contributed by atoms with Gasteiger partial charge < -0.3 is 5.11 Å². The molecule has 0 spiro atoms. The Balaban J connectivity index is -0.0000000933. The lowest BCUT2D eigenvalue weighted by atomic mass is 10.2. The van der Waals surface area contributed by atoms with E-state index in [1.165, 1.54) is 0 Å². The summed E-state index contributed by atoms with van der Waals surface area (Å²) in [7, 11) is 0. The molecule has 0 aliphatic heterocycles. The Morgan fingerprint density at radius 1 is 1.27 bits per heavy atom. The molecule has 5 nitrogen and oxygen atoms in total. The van der Waals surface area contributed by atoms with E-state index in [4.69, 9.17) is 25.5 Å². The number of nitrogens with one attached hydrogen (secondary N) is 2. The Labute approximate surface area is 65.1 Å². The molecule has 11 heavy (non-hydrogen) atoms. The molecule has 0 aliphatic rings. The van der Waals surface area contributed by atoms with E-state index in [1.807, 2.05) is 13.8 Å². The van der Waals surface area contributed by atoms with Gasteiger partial charge in [0, 0.05) is 6.61 Å². The summed E-state index contributed by atoms with van der Waals surface area (Å²) < 4.78 is 0. The molecule has 0 rings (SSSR count). The molecule has 3 N–H and O–H groups in total. The molecular weight excluding hydrogens is 148 g/mol. The average Bonchev–Trinajstić information content (AvgIpc) is 1.91. The van der Waals surface area contributed by atoms with Crippen LogP contribution in [0.1, 0.15) is 13.8 Å². The first-order chi connectivity index (χ1) is 5.10. The van der Waals surface area contributed by atoms with Gasteiger partial charge in [-0.25, -0.2) is 20.4 Å². The monoisotopic (exact) mass is 160 g/mol. The van der Waals surface area contributed by atoms with Crippen molar-refractivity contribution < 1.29 is 14.7 Å². The lowest BCUT2D eigenvalue weighted by Gasteiger charge is -1.90. The van der Waals surface area contributed by atoms with Crippen LogP contribution in [0.5, 0.6) is 0 Å². The Morgan fingerprint density at radius 3 is 1.36 bits per heavy atom. The summed E-state index contributed by atoms with van der Waals surface area (Å²) in [6.45, 7) is 4.25. The fourth-order valence-electron chi connectivity index (χ4n) is 0. The van der Waals surface area contributed by atoms with E-state index in [0.29, 0.717) is 12.5 Å². The zero-order valence-corrected chi connectivity index (χ0v) is 6.55. The lowest BCUT2D eigenvalue weighted by Crippen LogP contribution is -1.90. The van der Waals surface area contributed by atoms with E-state index in [2.05, 4.69) is 0 Å². The van der Waals surface area contributed by atoms with Gasteiger partial charge in [0.1, 0.15) is 0 Å². The van der Waals surface area contributed by atoms with Crippen molar-refractivity contribution in [3.8, 4) is 0 Å². The van der Waals surface area contributed by atoms with E-state index < -0.39 is 0 Å². The minimum absolute atomic E-state index is 0.306. The number of aliphatic hydroxyl groups is 1. The summed E-state index contributed by atoms with van der Waals surface area (Å²) in [4.78, 5) is 16.7. The van der Waals surface area contributed by atoms with E-state index in [9.17, 15) is 0 Å². The normalized spacial score (nSPS) is 5.82. The molecule has 0 aromatic heterocycles. The maximum atomic E-state index is 8.35. The first-order valence-electron chi connectivity index (χ1n) is 2.79. The van der Waals surface area contributed by atoms with Gasteiger partial charge in [-0.1, -0.05) is 13.8 Å². The third kappa shape index (κ3) is 760. The van der Waals surface area contributed by atoms with Crippen molar-refractivity contribution in [2.24, 2.45) is 5.92 Å². The number of hydrogen-bond acceptors (Lipinski definition) is 5. The highest BCUT2D eigenvalue weighted by Crippen LogP contribution is 1.83. The average molecular weight is 160 g/mol. The molecule has 0 fully saturated rings. The lowest BCUT2D eigenvalue weighted by molar-refractivity contribution is 0.248. The summed E-state index contributed by atoms with van der Waals surface area (Å²) >= 11 is 0. The van der Waals surface area contributed by atoms with E-state index >= 15 is 0 Å².